The number of allylic oxidation sites excluding steroid dienone is 1. The van der Waals surface area contributed by atoms with Crippen LogP contribution in [0.3, 0.4) is 0 Å². The summed E-state index contributed by atoms with van der Waals surface area (Å²) in [5.41, 5.74) is 4.06. The van der Waals surface area contributed by atoms with E-state index < -0.39 is 0 Å². The van der Waals surface area contributed by atoms with Crippen LogP contribution in [0.1, 0.15) is 22.3 Å². The second-order valence-electron chi connectivity index (χ2n) is 6.48. The number of ether oxygens (including phenoxy) is 2. The van der Waals surface area contributed by atoms with E-state index in [0.29, 0.717) is 29.2 Å². The highest BCUT2D eigenvalue weighted by Crippen LogP contribution is 2.36. The Balaban J connectivity index is 1.88. The highest BCUT2D eigenvalue weighted by molar-refractivity contribution is 9.10. The number of nitriles is 1. The van der Waals surface area contributed by atoms with E-state index in [2.05, 4.69) is 22.0 Å². The fraction of sp³-hybridized carbons (Fsp3) is 0.125. The van der Waals surface area contributed by atoms with Crippen molar-refractivity contribution in [1.29, 1.82) is 5.26 Å². The Morgan fingerprint density at radius 2 is 1.76 bits per heavy atom. The summed E-state index contributed by atoms with van der Waals surface area (Å²) in [6, 6.07) is 19.7. The number of benzene rings is 3. The lowest BCUT2D eigenvalue weighted by Crippen LogP contribution is -1.98. The van der Waals surface area contributed by atoms with Crippen molar-refractivity contribution in [3.8, 4) is 17.6 Å². The number of hydrogen-bond acceptors (Lipinski definition) is 3. The van der Waals surface area contributed by atoms with Gasteiger partial charge in [0, 0.05) is 4.47 Å². The summed E-state index contributed by atoms with van der Waals surface area (Å²) in [6.07, 6.45) is 1.73. The van der Waals surface area contributed by atoms with Crippen LogP contribution in [0, 0.1) is 24.1 Å². The van der Waals surface area contributed by atoms with Crippen molar-refractivity contribution in [3.05, 3.63) is 93.2 Å². The lowest BCUT2D eigenvalue weighted by molar-refractivity contribution is 0.284. The maximum atomic E-state index is 13.2. The lowest BCUT2D eigenvalue weighted by Gasteiger charge is -2.13. The van der Waals surface area contributed by atoms with Gasteiger partial charge in [-0.05, 0) is 54.0 Å². The summed E-state index contributed by atoms with van der Waals surface area (Å²) < 4.78 is 25.3. The van der Waals surface area contributed by atoms with Gasteiger partial charge in [0.25, 0.3) is 0 Å². The van der Waals surface area contributed by atoms with Gasteiger partial charge in [0.2, 0.25) is 0 Å². The Bertz CT molecular complexity index is 1070. The molecule has 0 aliphatic rings. The Hall–Kier alpha value is -3.10. The SMILES string of the molecule is COc1cc(/C=C(/C#N)c2ccc(F)cc2)c(Br)cc1OCc1ccc(C)cc1. The molecule has 3 nitrogen and oxygen atoms in total. The Kier molecular flexibility index (Phi) is 6.69. The van der Waals surface area contributed by atoms with E-state index in [-0.39, 0.29) is 5.82 Å². The van der Waals surface area contributed by atoms with Gasteiger partial charge >= 0.3 is 0 Å². The summed E-state index contributed by atoms with van der Waals surface area (Å²) in [6.45, 7) is 2.45. The van der Waals surface area contributed by atoms with Gasteiger partial charge in [0.1, 0.15) is 12.4 Å². The molecule has 0 N–H and O–H groups in total. The van der Waals surface area contributed by atoms with Gasteiger partial charge in [-0.25, -0.2) is 4.39 Å². The number of hydrogen-bond donors (Lipinski definition) is 0. The second kappa shape index (κ2) is 9.40. The first-order valence-electron chi connectivity index (χ1n) is 8.94. The number of rotatable bonds is 6. The van der Waals surface area contributed by atoms with Crippen LogP contribution in [0.5, 0.6) is 11.5 Å². The van der Waals surface area contributed by atoms with Gasteiger partial charge < -0.3 is 9.47 Å². The third kappa shape index (κ3) is 5.24. The standard InChI is InChI=1S/C24H19BrFNO2/c1-16-3-5-17(6-4-16)15-29-24-13-22(25)19(12-23(24)28-2)11-20(14-27)18-7-9-21(26)10-8-18/h3-13H,15H2,1-2H3/b20-11-. The molecule has 0 aromatic heterocycles. The first-order valence-corrected chi connectivity index (χ1v) is 9.73. The molecule has 0 bridgehead atoms. The highest BCUT2D eigenvalue weighted by atomic mass is 79.9. The van der Waals surface area contributed by atoms with Gasteiger partial charge in [-0.2, -0.15) is 5.26 Å². The molecule has 0 saturated carbocycles. The molecular weight excluding hydrogens is 433 g/mol. The van der Waals surface area contributed by atoms with Crippen LogP contribution >= 0.6 is 15.9 Å². The lowest BCUT2D eigenvalue weighted by atomic mass is 10.0. The fourth-order valence-electron chi connectivity index (χ4n) is 2.74. The monoisotopic (exact) mass is 451 g/mol. The van der Waals surface area contributed by atoms with Crippen LogP contribution in [-0.2, 0) is 6.61 Å². The highest BCUT2D eigenvalue weighted by Gasteiger charge is 2.11. The Labute approximate surface area is 178 Å². The third-order valence-corrected chi connectivity index (χ3v) is 5.06. The largest absolute Gasteiger partial charge is 0.493 e. The van der Waals surface area contributed by atoms with Crippen LogP contribution in [0.2, 0.25) is 0 Å². The Morgan fingerprint density at radius 3 is 2.38 bits per heavy atom. The molecule has 0 saturated heterocycles. The molecule has 0 atom stereocenters. The van der Waals surface area contributed by atoms with Crippen molar-refractivity contribution in [2.24, 2.45) is 0 Å². The van der Waals surface area contributed by atoms with Crippen LogP contribution in [0.15, 0.2) is 65.1 Å². The molecule has 146 valence electrons. The number of aryl methyl sites for hydroxylation is 1. The van der Waals surface area contributed by atoms with Gasteiger partial charge in [0.05, 0.1) is 18.8 Å². The summed E-state index contributed by atoms with van der Waals surface area (Å²) in [5, 5.41) is 9.53. The van der Waals surface area contributed by atoms with Crippen LogP contribution in [0.25, 0.3) is 11.6 Å². The topological polar surface area (TPSA) is 42.2 Å². The zero-order valence-corrected chi connectivity index (χ0v) is 17.7. The molecule has 0 fully saturated rings. The third-order valence-electron chi connectivity index (χ3n) is 4.37. The van der Waals surface area contributed by atoms with Crippen LogP contribution in [0.4, 0.5) is 4.39 Å². The van der Waals surface area contributed by atoms with Crippen molar-refractivity contribution < 1.29 is 13.9 Å². The maximum absolute atomic E-state index is 13.2. The molecule has 0 radical (unpaired) electrons. The predicted octanol–water partition coefficient (Wildman–Crippen LogP) is 6.55. The molecule has 5 heteroatoms. The first-order chi connectivity index (χ1) is 14.0. The molecule has 0 spiro atoms. The molecule has 3 aromatic rings. The second-order valence-corrected chi connectivity index (χ2v) is 7.33. The predicted molar refractivity (Wildman–Crippen MR) is 116 cm³/mol. The number of methoxy groups -OCH3 is 1. The van der Waals surface area contributed by atoms with E-state index in [1.807, 2.05) is 37.3 Å². The van der Waals surface area contributed by atoms with E-state index in [0.717, 1.165) is 15.6 Å². The molecular formula is C24H19BrFNO2. The zero-order chi connectivity index (χ0) is 20.8. The van der Waals surface area contributed by atoms with Crippen molar-refractivity contribution >= 4 is 27.6 Å². The van der Waals surface area contributed by atoms with E-state index >= 15 is 0 Å². The average molecular weight is 452 g/mol. The summed E-state index contributed by atoms with van der Waals surface area (Å²) in [4.78, 5) is 0. The van der Waals surface area contributed by atoms with Crippen LogP contribution in [-0.4, -0.2) is 7.11 Å². The quantitative estimate of drug-likeness (QED) is 0.315. The van der Waals surface area contributed by atoms with E-state index in [9.17, 15) is 9.65 Å². The molecule has 3 rings (SSSR count). The Morgan fingerprint density at radius 1 is 1.07 bits per heavy atom. The van der Waals surface area contributed by atoms with Gasteiger partial charge in [-0.3, -0.25) is 0 Å². The van der Waals surface area contributed by atoms with E-state index in [1.165, 1.54) is 17.7 Å². The summed E-state index contributed by atoms with van der Waals surface area (Å²) in [7, 11) is 1.57. The maximum Gasteiger partial charge on any atom is 0.162 e. The molecule has 0 aliphatic heterocycles. The molecule has 0 amide bonds. The van der Waals surface area contributed by atoms with Crippen molar-refractivity contribution in [2.45, 2.75) is 13.5 Å². The minimum atomic E-state index is -0.344. The van der Waals surface area contributed by atoms with Gasteiger partial charge in [-0.15, -0.1) is 0 Å². The van der Waals surface area contributed by atoms with Crippen molar-refractivity contribution in [3.63, 3.8) is 0 Å². The molecule has 0 heterocycles. The van der Waals surface area contributed by atoms with E-state index in [1.54, 1.807) is 31.4 Å². The number of halogens is 2. The van der Waals surface area contributed by atoms with Crippen molar-refractivity contribution in [2.75, 3.05) is 7.11 Å². The molecule has 29 heavy (non-hydrogen) atoms. The van der Waals surface area contributed by atoms with E-state index in [4.69, 9.17) is 9.47 Å². The normalized spacial score (nSPS) is 11.1. The minimum absolute atomic E-state index is 0.344. The molecule has 0 unspecified atom stereocenters. The van der Waals surface area contributed by atoms with Gasteiger partial charge in [0.15, 0.2) is 11.5 Å². The summed E-state index contributed by atoms with van der Waals surface area (Å²) in [5.74, 6) is 0.810. The number of nitrogens with zero attached hydrogens (tertiary/aromatic N) is 1. The van der Waals surface area contributed by atoms with Crippen LogP contribution < -0.4 is 9.47 Å². The fourth-order valence-corrected chi connectivity index (χ4v) is 3.18. The van der Waals surface area contributed by atoms with Crippen molar-refractivity contribution in [1.82, 2.24) is 0 Å². The average Bonchev–Trinajstić information content (AvgIpc) is 2.73. The molecule has 0 aliphatic carbocycles. The molecule has 3 aromatic carbocycles. The summed E-state index contributed by atoms with van der Waals surface area (Å²) >= 11 is 3.54. The first kappa shape index (κ1) is 20.6. The zero-order valence-electron chi connectivity index (χ0n) is 16.1. The minimum Gasteiger partial charge on any atom is -0.493 e. The smallest absolute Gasteiger partial charge is 0.162 e. The van der Waals surface area contributed by atoms with Gasteiger partial charge in [-0.1, -0.05) is 57.9 Å².